The van der Waals surface area contributed by atoms with Crippen molar-refractivity contribution in [3.05, 3.63) is 11.9 Å². The second-order valence-corrected chi connectivity index (χ2v) is 2.04. The Morgan fingerprint density at radius 1 is 1.83 bits per heavy atom. The van der Waals surface area contributed by atoms with Crippen LogP contribution in [0.5, 0.6) is 5.75 Å². The number of carbonyl (C=O) groups excluding carboxylic acids is 1. The van der Waals surface area contributed by atoms with Crippen LogP contribution < -0.4 is 4.74 Å². The number of carboxylic acid groups (broad SMARTS) is 1. The summed E-state index contributed by atoms with van der Waals surface area (Å²) in [5.74, 6) is -0.0556. The zero-order valence-corrected chi connectivity index (χ0v) is 6.22. The Morgan fingerprint density at radius 3 is 3.00 bits per heavy atom. The number of nitrogens with zero attached hydrogens (tertiary/aromatic N) is 2. The van der Waals surface area contributed by atoms with E-state index in [0.29, 0.717) is 6.29 Å². The molecule has 0 aliphatic carbocycles. The quantitative estimate of drug-likeness (QED) is 0.509. The second-order valence-electron chi connectivity index (χ2n) is 2.04. The highest BCUT2D eigenvalue weighted by Crippen LogP contribution is 2.13. The predicted octanol–water partition coefficient (Wildman–Crippen LogP) is 0.289. The molecule has 0 fully saturated rings. The van der Waals surface area contributed by atoms with Gasteiger partial charge < -0.3 is 9.84 Å². The molecule has 64 valence electrons. The molecule has 0 spiro atoms. The summed E-state index contributed by atoms with van der Waals surface area (Å²) in [6, 6.07) is 0. The number of aryl methyl sites for hydroxylation is 1. The first-order valence-corrected chi connectivity index (χ1v) is 3.03. The molecule has 0 saturated carbocycles. The zero-order chi connectivity index (χ0) is 9.14. The Kier molecular flexibility index (Phi) is 2.09. The molecular formula is C6H6N2O4. The maximum atomic E-state index is 10.3. The van der Waals surface area contributed by atoms with Gasteiger partial charge in [-0.25, -0.2) is 4.79 Å². The summed E-state index contributed by atoms with van der Waals surface area (Å²) >= 11 is 0. The van der Waals surface area contributed by atoms with Crippen LogP contribution in [0.1, 0.15) is 10.5 Å². The van der Waals surface area contributed by atoms with Gasteiger partial charge in [0.05, 0.1) is 6.20 Å². The van der Waals surface area contributed by atoms with E-state index in [-0.39, 0.29) is 11.4 Å². The van der Waals surface area contributed by atoms with Crippen LogP contribution in [-0.4, -0.2) is 27.3 Å². The van der Waals surface area contributed by atoms with Gasteiger partial charge in [-0.15, -0.1) is 0 Å². The van der Waals surface area contributed by atoms with E-state index in [1.54, 1.807) is 7.05 Å². The Bertz CT molecular complexity index is 317. The first-order chi connectivity index (χ1) is 5.63. The smallest absolute Gasteiger partial charge is 0.449 e. The third kappa shape index (κ3) is 1.60. The van der Waals surface area contributed by atoms with Crippen molar-refractivity contribution < 1.29 is 19.4 Å². The lowest BCUT2D eigenvalue weighted by Gasteiger charge is -1.92. The summed E-state index contributed by atoms with van der Waals surface area (Å²) in [5, 5.41) is 11.9. The van der Waals surface area contributed by atoms with Gasteiger partial charge in [0, 0.05) is 7.05 Å². The molecule has 0 saturated heterocycles. The van der Waals surface area contributed by atoms with Crippen molar-refractivity contribution in [2.75, 3.05) is 0 Å². The first-order valence-electron chi connectivity index (χ1n) is 3.03. The van der Waals surface area contributed by atoms with E-state index in [0.717, 1.165) is 0 Å². The molecule has 0 amide bonds. The van der Waals surface area contributed by atoms with E-state index in [1.807, 2.05) is 0 Å². The summed E-state index contributed by atoms with van der Waals surface area (Å²) in [6.45, 7) is 0. The van der Waals surface area contributed by atoms with Crippen molar-refractivity contribution in [1.29, 1.82) is 0 Å². The van der Waals surface area contributed by atoms with Gasteiger partial charge in [-0.3, -0.25) is 9.48 Å². The molecule has 12 heavy (non-hydrogen) atoms. The fourth-order valence-electron chi connectivity index (χ4n) is 0.738. The maximum absolute atomic E-state index is 10.3. The minimum absolute atomic E-state index is 0.0279. The second kappa shape index (κ2) is 3.04. The van der Waals surface area contributed by atoms with Gasteiger partial charge in [0.25, 0.3) is 0 Å². The van der Waals surface area contributed by atoms with Gasteiger partial charge in [-0.1, -0.05) is 0 Å². The molecule has 1 aromatic rings. The number of carbonyl (C=O) groups is 2. The molecule has 0 aliphatic heterocycles. The molecular weight excluding hydrogens is 164 g/mol. The topological polar surface area (TPSA) is 81.4 Å². The van der Waals surface area contributed by atoms with Crippen molar-refractivity contribution in [1.82, 2.24) is 9.78 Å². The summed E-state index contributed by atoms with van der Waals surface area (Å²) in [7, 11) is 1.56. The SMILES string of the molecule is Cn1cc(OC(=O)O)c(C=O)n1. The van der Waals surface area contributed by atoms with E-state index in [9.17, 15) is 9.59 Å². The largest absolute Gasteiger partial charge is 0.511 e. The van der Waals surface area contributed by atoms with E-state index in [1.165, 1.54) is 10.9 Å². The van der Waals surface area contributed by atoms with Crippen molar-refractivity contribution in [2.45, 2.75) is 0 Å². The summed E-state index contributed by atoms with van der Waals surface area (Å²) < 4.78 is 5.55. The molecule has 1 heterocycles. The predicted molar refractivity (Wildman–Crippen MR) is 37.2 cm³/mol. The van der Waals surface area contributed by atoms with Crippen LogP contribution in [0.25, 0.3) is 0 Å². The number of rotatable bonds is 2. The number of aldehydes is 1. The average molecular weight is 170 g/mol. The molecule has 6 heteroatoms. The first kappa shape index (κ1) is 8.25. The van der Waals surface area contributed by atoms with Gasteiger partial charge >= 0.3 is 6.16 Å². The van der Waals surface area contributed by atoms with Crippen molar-refractivity contribution in [3.8, 4) is 5.75 Å². The molecule has 6 nitrogen and oxygen atoms in total. The van der Waals surface area contributed by atoms with Crippen molar-refractivity contribution in [3.63, 3.8) is 0 Å². The molecule has 1 rings (SSSR count). The highest BCUT2D eigenvalue weighted by Gasteiger charge is 2.10. The molecule has 0 aromatic carbocycles. The van der Waals surface area contributed by atoms with E-state index in [4.69, 9.17) is 5.11 Å². The normalized spacial score (nSPS) is 9.42. The van der Waals surface area contributed by atoms with E-state index >= 15 is 0 Å². The number of ether oxygens (including phenoxy) is 1. The van der Waals surface area contributed by atoms with Gasteiger partial charge in [0.1, 0.15) is 0 Å². The highest BCUT2D eigenvalue weighted by atomic mass is 16.7. The number of hydrogen-bond acceptors (Lipinski definition) is 4. The number of hydrogen-bond donors (Lipinski definition) is 1. The summed E-state index contributed by atoms with van der Waals surface area (Å²) in [4.78, 5) is 20.3. The van der Waals surface area contributed by atoms with Gasteiger partial charge in [0.2, 0.25) is 0 Å². The highest BCUT2D eigenvalue weighted by molar-refractivity contribution is 5.77. The lowest BCUT2D eigenvalue weighted by atomic mass is 10.4. The van der Waals surface area contributed by atoms with Crippen LogP contribution in [0.4, 0.5) is 4.79 Å². The van der Waals surface area contributed by atoms with Crippen LogP contribution in [0.3, 0.4) is 0 Å². The lowest BCUT2D eigenvalue weighted by Crippen LogP contribution is -2.03. The molecule has 0 aliphatic rings. The van der Waals surface area contributed by atoms with E-state index in [2.05, 4.69) is 9.84 Å². The van der Waals surface area contributed by atoms with Crippen LogP contribution in [0.2, 0.25) is 0 Å². The average Bonchev–Trinajstić information content (AvgIpc) is 2.29. The summed E-state index contributed by atoms with van der Waals surface area (Å²) in [5.41, 5.74) is -0.0279. The van der Waals surface area contributed by atoms with Crippen molar-refractivity contribution >= 4 is 12.4 Å². The molecule has 1 aromatic heterocycles. The Balaban J connectivity index is 2.96. The fourth-order valence-corrected chi connectivity index (χ4v) is 0.738. The van der Waals surface area contributed by atoms with E-state index < -0.39 is 6.16 Å². The monoisotopic (exact) mass is 170 g/mol. The minimum Gasteiger partial charge on any atom is -0.449 e. The van der Waals surface area contributed by atoms with Crippen LogP contribution in [-0.2, 0) is 7.05 Å². The zero-order valence-electron chi connectivity index (χ0n) is 6.22. The van der Waals surface area contributed by atoms with Crippen LogP contribution in [0.15, 0.2) is 6.20 Å². The Labute approximate surface area is 67.4 Å². The molecule has 0 atom stereocenters. The fraction of sp³-hybridized carbons (Fsp3) is 0.167. The molecule has 0 radical (unpaired) electrons. The Morgan fingerprint density at radius 2 is 2.50 bits per heavy atom. The van der Waals surface area contributed by atoms with Crippen LogP contribution >= 0.6 is 0 Å². The van der Waals surface area contributed by atoms with Gasteiger partial charge in [-0.05, 0) is 0 Å². The molecule has 1 N–H and O–H groups in total. The molecule has 0 unspecified atom stereocenters. The molecule has 0 bridgehead atoms. The standard InChI is InChI=1S/C6H6N2O4/c1-8-2-5(12-6(10)11)4(3-9)7-8/h2-3H,1H3,(H,10,11). The van der Waals surface area contributed by atoms with Gasteiger partial charge in [0.15, 0.2) is 17.7 Å². The third-order valence-corrected chi connectivity index (χ3v) is 1.13. The van der Waals surface area contributed by atoms with Gasteiger partial charge in [-0.2, -0.15) is 5.10 Å². The van der Waals surface area contributed by atoms with Crippen LogP contribution in [0, 0.1) is 0 Å². The number of aromatic nitrogens is 2. The minimum atomic E-state index is -1.47. The maximum Gasteiger partial charge on any atom is 0.511 e. The van der Waals surface area contributed by atoms with Crippen molar-refractivity contribution in [2.24, 2.45) is 7.05 Å². The summed E-state index contributed by atoms with van der Waals surface area (Å²) in [6.07, 6.45) is 0.266. The Hall–Kier alpha value is -1.85. The third-order valence-electron chi connectivity index (χ3n) is 1.13. The lowest BCUT2D eigenvalue weighted by molar-refractivity contribution is 0.111.